The fourth-order valence-electron chi connectivity index (χ4n) is 5.49. The molecule has 0 saturated carbocycles. The summed E-state index contributed by atoms with van der Waals surface area (Å²) in [5.74, 6) is 0.175. The summed E-state index contributed by atoms with van der Waals surface area (Å²) in [5, 5.41) is 104. The second-order valence-corrected chi connectivity index (χ2v) is 12.1. The zero-order chi connectivity index (χ0) is 32.7. The molecule has 2 aromatic rings. The third-order valence-corrected chi connectivity index (χ3v) is 9.30. The highest BCUT2D eigenvalue weighted by atomic mass is 79.9. The van der Waals surface area contributed by atoms with Gasteiger partial charge in [-0.05, 0) is 28.1 Å². The van der Waals surface area contributed by atoms with E-state index in [0.717, 1.165) is 0 Å². The largest absolute Gasteiger partial charge is 0.460 e. The molecule has 0 unspecified atom stereocenters. The average molecular weight is 733 g/mol. The molecule has 19 heteroatoms. The lowest BCUT2D eigenvalue weighted by Crippen LogP contribution is -2.66. The summed E-state index contributed by atoms with van der Waals surface area (Å²) in [6.45, 7) is -2.34. The molecule has 3 aliphatic heterocycles. The number of aliphatic hydroxyl groups excluding tert-OH is 10. The number of hydrogen-bond donors (Lipinski definition) is 11. The number of rotatable bonds is 9. The maximum atomic E-state index is 11.0. The van der Waals surface area contributed by atoms with Crippen LogP contribution in [0.25, 0.3) is 10.9 Å². The molecule has 254 valence electrons. The number of hydrogen-bond acceptors (Lipinski definition) is 16. The number of aliphatic hydroxyl groups is 10. The van der Waals surface area contributed by atoms with Crippen molar-refractivity contribution < 1.29 is 79.5 Å². The van der Waals surface area contributed by atoms with E-state index in [4.69, 9.17) is 40.0 Å². The molecule has 0 spiro atoms. The van der Waals surface area contributed by atoms with Crippen LogP contribution in [0.5, 0.6) is 5.75 Å². The number of nitrogens with one attached hydrogen (secondary N) is 1. The molecule has 11 N–H and O–H groups in total. The summed E-state index contributed by atoms with van der Waals surface area (Å²) in [6, 6.07) is 3.45. The smallest absolute Gasteiger partial charge is 0.229 e. The molecule has 3 saturated heterocycles. The summed E-state index contributed by atoms with van der Waals surface area (Å²) in [6.07, 6.45) is -23.6. The van der Waals surface area contributed by atoms with Gasteiger partial charge >= 0.3 is 0 Å². The molecule has 45 heavy (non-hydrogen) atoms. The zero-order valence-corrected chi connectivity index (χ0v) is 25.5. The number of aromatic nitrogens is 1. The minimum absolute atomic E-state index is 0.175. The Morgan fingerprint density at radius 3 is 1.71 bits per heavy atom. The lowest BCUT2D eigenvalue weighted by Gasteiger charge is -2.48. The Morgan fingerprint density at radius 2 is 1.16 bits per heavy atom. The number of aromatic amines is 1. The van der Waals surface area contributed by atoms with E-state index >= 15 is 0 Å². The third-order valence-electron chi connectivity index (χ3n) is 8.02. The summed E-state index contributed by atoms with van der Waals surface area (Å²) in [5.41, 5.74) is 0.609. The highest BCUT2D eigenvalue weighted by Gasteiger charge is 2.53. The van der Waals surface area contributed by atoms with E-state index in [1.165, 1.54) is 6.20 Å². The van der Waals surface area contributed by atoms with E-state index in [1.807, 2.05) is 0 Å². The molecule has 0 radical (unpaired) electrons. The lowest BCUT2D eigenvalue weighted by molar-refractivity contribution is -0.376. The van der Waals surface area contributed by atoms with E-state index in [2.05, 4.69) is 20.9 Å². The molecular formula is C26H35BrClNO16. The van der Waals surface area contributed by atoms with Gasteiger partial charge in [-0.1, -0.05) is 11.6 Å². The van der Waals surface area contributed by atoms with Crippen molar-refractivity contribution in [3.63, 3.8) is 0 Å². The zero-order valence-electron chi connectivity index (χ0n) is 23.2. The van der Waals surface area contributed by atoms with E-state index in [0.29, 0.717) is 20.4 Å². The molecule has 0 aliphatic carbocycles. The summed E-state index contributed by atoms with van der Waals surface area (Å²) in [4.78, 5) is 2.96. The van der Waals surface area contributed by atoms with E-state index in [1.54, 1.807) is 12.1 Å². The molecule has 5 rings (SSSR count). The van der Waals surface area contributed by atoms with Gasteiger partial charge in [0.2, 0.25) is 6.29 Å². The molecular weight excluding hydrogens is 698 g/mol. The number of halogens is 2. The maximum absolute atomic E-state index is 11.0. The first kappa shape index (κ1) is 35.0. The van der Waals surface area contributed by atoms with E-state index in [9.17, 15) is 51.1 Å². The quantitative estimate of drug-likeness (QED) is 0.119. The maximum Gasteiger partial charge on any atom is 0.229 e. The molecule has 1 aromatic carbocycles. The predicted molar refractivity (Wildman–Crippen MR) is 151 cm³/mol. The van der Waals surface area contributed by atoms with E-state index < -0.39 is 112 Å². The van der Waals surface area contributed by atoms with Gasteiger partial charge in [0.1, 0.15) is 79.0 Å². The van der Waals surface area contributed by atoms with Gasteiger partial charge in [-0.25, -0.2) is 0 Å². The molecule has 1 aromatic heterocycles. The number of H-pyrrole nitrogens is 1. The van der Waals surface area contributed by atoms with Crippen LogP contribution in [0.15, 0.2) is 22.8 Å². The van der Waals surface area contributed by atoms with Crippen LogP contribution in [-0.2, 0) is 23.7 Å². The van der Waals surface area contributed by atoms with Gasteiger partial charge in [0.25, 0.3) is 0 Å². The van der Waals surface area contributed by atoms with Crippen molar-refractivity contribution in [2.45, 2.75) is 92.1 Å². The van der Waals surface area contributed by atoms with Crippen LogP contribution in [0.1, 0.15) is 0 Å². The van der Waals surface area contributed by atoms with Crippen molar-refractivity contribution in [3.8, 4) is 5.75 Å². The molecule has 15 atom stereocenters. The third kappa shape index (κ3) is 6.72. The fourth-order valence-corrected chi connectivity index (χ4v) is 6.07. The molecule has 4 heterocycles. The minimum Gasteiger partial charge on any atom is -0.460 e. The van der Waals surface area contributed by atoms with E-state index in [-0.39, 0.29) is 5.75 Å². The number of ether oxygens (including phenoxy) is 6. The summed E-state index contributed by atoms with van der Waals surface area (Å²) >= 11 is 9.72. The SMILES string of the molecule is OC[C@H]1O[C@H](O[C@H]2[C@H](O)[C@@H](O)[C@@H](O[C@H]3[C@H](O)[C@@H](O)[C@H](Oc4c[nH]c5ccc(Br)c(Cl)c45)O[C@@H]3CO)O[C@@H]2CO)[C@H](O)[C@@H](O)[C@@H]1O. The van der Waals surface area contributed by atoms with Crippen LogP contribution in [0.3, 0.4) is 0 Å². The van der Waals surface area contributed by atoms with Crippen LogP contribution in [0.2, 0.25) is 5.02 Å². The van der Waals surface area contributed by atoms with Gasteiger partial charge in [0, 0.05) is 10.7 Å². The standard InChI is InChI=1S/C26H35BrClNO16/c27-7-1-2-8-13(14(7)28)9(3-29-8)40-24-20(38)17(35)22(11(5-31)42-24)45-26-21(39)18(36)23(12(6-32)43-26)44-25-19(37)16(34)15(33)10(4-30)41-25/h1-3,10-12,15-26,29-39H,4-6H2/t10-,11-,12-,15-,16+,17-,18-,19-,20-,21-,22-,23-,24-,25-,26-/m1/s1. The van der Waals surface area contributed by atoms with Crippen molar-refractivity contribution >= 4 is 38.4 Å². The van der Waals surface area contributed by atoms with Crippen molar-refractivity contribution in [3.05, 3.63) is 27.8 Å². The van der Waals surface area contributed by atoms with Crippen molar-refractivity contribution in [1.29, 1.82) is 0 Å². The molecule has 17 nitrogen and oxygen atoms in total. The van der Waals surface area contributed by atoms with Crippen LogP contribution < -0.4 is 4.74 Å². The first-order valence-electron chi connectivity index (χ1n) is 13.9. The Hall–Kier alpha value is -1.27. The Morgan fingerprint density at radius 1 is 0.667 bits per heavy atom. The number of benzene rings is 1. The fraction of sp³-hybridized carbons (Fsp3) is 0.692. The Kier molecular flexibility index (Phi) is 11.3. The van der Waals surface area contributed by atoms with Gasteiger partial charge in [0.15, 0.2) is 12.6 Å². The molecule has 3 fully saturated rings. The molecule has 0 bridgehead atoms. The van der Waals surface area contributed by atoms with Crippen LogP contribution in [-0.4, -0.2) is 168 Å². The van der Waals surface area contributed by atoms with Crippen LogP contribution >= 0.6 is 27.5 Å². The van der Waals surface area contributed by atoms with Gasteiger partial charge in [-0.15, -0.1) is 0 Å². The summed E-state index contributed by atoms with van der Waals surface area (Å²) < 4.78 is 34.1. The van der Waals surface area contributed by atoms with Crippen molar-refractivity contribution in [1.82, 2.24) is 4.98 Å². The average Bonchev–Trinajstić information content (AvgIpc) is 3.45. The molecule has 3 aliphatic rings. The lowest BCUT2D eigenvalue weighted by atomic mass is 9.96. The Bertz CT molecular complexity index is 1290. The van der Waals surface area contributed by atoms with Gasteiger partial charge in [-0.3, -0.25) is 0 Å². The van der Waals surface area contributed by atoms with Gasteiger partial charge in [-0.2, -0.15) is 0 Å². The predicted octanol–water partition coefficient (Wildman–Crippen LogP) is -3.59. The van der Waals surface area contributed by atoms with Gasteiger partial charge < -0.3 is 84.5 Å². The normalized spacial score (nSPS) is 42.6. The minimum atomic E-state index is -1.94. The topological polar surface area (TPSA) is 273 Å². The highest BCUT2D eigenvalue weighted by molar-refractivity contribution is 9.10. The monoisotopic (exact) mass is 731 g/mol. The first-order valence-corrected chi connectivity index (χ1v) is 15.1. The van der Waals surface area contributed by atoms with Crippen LogP contribution in [0, 0.1) is 0 Å². The second kappa shape index (κ2) is 14.5. The first-order chi connectivity index (χ1) is 21.4. The Labute approximate surface area is 268 Å². The number of fused-ring (bicyclic) bond motifs is 1. The summed E-state index contributed by atoms with van der Waals surface area (Å²) in [7, 11) is 0. The molecule has 0 amide bonds. The van der Waals surface area contributed by atoms with Crippen molar-refractivity contribution in [2.75, 3.05) is 19.8 Å². The van der Waals surface area contributed by atoms with Crippen molar-refractivity contribution in [2.24, 2.45) is 0 Å². The van der Waals surface area contributed by atoms with Crippen LogP contribution in [0.4, 0.5) is 0 Å². The Balaban J connectivity index is 1.27. The second-order valence-electron chi connectivity index (χ2n) is 10.9. The highest BCUT2D eigenvalue weighted by Crippen LogP contribution is 2.39. The van der Waals surface area contributed by atoms with Gasteiger partial charge in [0.05, 0.1) is 35.7 Å².